The predicted molar refractivity (Wildman–Crippen MR) is 124 cm³/mol. The Morgan fingerprint density at radius 3 is 1.40 bits per heavy atom. The Hall–Kier alpha value is -4.04. The molecule has 0 amide bonds. The lowest BCUT2D eigenvalue weighted by Crippen LogP contribution is -1.95. The third-order valence-electron chi connectivity index (χ3n) is 5.28. The van der Waals surface area contributed by atoms with Crippen molar-refractivity contribution in [2.75, 3.05) is 0 Å². The number of hydrogen-bond acceptors (Lipinski definition) is 2. The van der Waals surface area contributed by atoms with Crippen molar-refractivity contribution in [2.24, 2.45) is 0 Å². The molecule has 0 radical (unpaired) electrons. The van der Waals surface area contributed by atoms with E-state index < -0.39 is 0 Å². The molecule has 0 spiro atoms. The normalized spacial score (nSPS) is 10.7. The van der Waals surface area contributed by atoms with Crippen LogP contribution in [0.4, 0.5) is 0 Å². The van der Waals surface area contributed by atoms with E-state index in [0.29, 0.717) is 0 Å². The van der Waals surface area contributed by atoms with Crippen LogP contribution >= 0.6 is 0 Å². The van der Waals surface area contributed by atoms with Crippen molar-refractivity contribution in [3.05, 3.63) is 122 Å². The highest BCUT2D eigenvalue weighted by atomic mass is 14.6. The van der Waals surface area contributed by atoms with Crippen molar-refractivity contribution < 1.29 is 0 Å². The molecule has 0 aliphatic rings. The van der Waals surface area contributed by atoms with E-state index >= 15 is 0 Å². The molecule has 0 saturated heterocycles. The Balaban J connectivity index is 1.91. The molecule has 0 N–H and O–H groups in total. The summed E-state index contributed by atoms with van der Waals surface area (Å²) in [6.07, 6.45) is 7.50. The van der Waals surface area contributed by atoms with Gasteiger partial charge < -0.3 is 0 Å². The molecule has 5 aromatic rings. The number of pyridine rings is 2. The lowest BCUT2D eigenvalue weighted by atomic mass is 9.83. The van der Waals surface area contributed by atoms with Crippen molar-refractivity contribution >= 4 is 0 Å². The van der Waals surface area contributed by atoms with Crippen LogP contribution in [-0.2, 0) is 0 Å². The summed E-state index contributed by atoms with van der Waals surface area (Å²) in [5.74, 6) is 0. The van der Waals surface area contributed by atoms with Gasteiger partial charge >= 0.3 is 0 Å². The Labute approximate surface area is 176 Å². The van der Waals surface area contributed by atoms with Crippen LogP contribution in [0.5, 0.6) is 0 Å². The minimum absolute atomic E-state index is 1.10. The first kappa shape index (κ1) is 18.0. The Kier molecular flexibility index (Phi) is 4.89. The van der Waals surface area contributed by atoms with Gasteiger partial charge in [-0.2, -0.15) is 0 Å². The lowest BCUT2D eigenvalue weighted by Gasteiger charge is -2.20. The van der Waals surface area contributed by atoms with Gasteiger partial charge in [-0.25, -0.2) is 0 Å². The van der Waals surface area contributed by atoms with Gasteiger partial charge in [0.25, 0.3) is 0 Å². The molecule has 142 valence electrons. The molecule has 2 nitrogen and oxygen atoms in total. The predicted octanol–water partition coefficient (Wildman–Crippen LogP) is 7.14. The van der Waals surface area contributed by atoms with Gasteiger partial charge in [-0.3, -0.25) is 9.97 Å². The van der Waals surface area contributed by atoms with E-state index in [4.69, 9.17) is 0 Å². The first-order valence-electron chi connectivity index (χ1n) is 10.0. The molecule has 5 rings (SSSR count). The van der Waals surface area contributed by atoms with E-state index in [9.17, 15) is 0 Å². The molecule has 0 aliphatic heterocycles. The summed E-state index contributed by atoms with van der Waals surface area (Å²) in [6, 6.07) is 33.8. The van der Waals surface area contributed by atoms with Gasteiger partial charge in [-0.05, 0) is 45.5 Å². The summed E-state index contributed by atoms with van der Waals surface area (Å²) in [6.45, 7) is 0. The van der Waals surface area contributed by atoms with Crippen LogP contribution < -0.4 is 0 Å². The van der Waals surface area contributed by atoms with Crippen LogP contribution in [0.1, 0.15) is 0 Å². The number of benzene rings is 3. The van der Waals surface area contributed by atoms with Crippen LogP contribution in [0, 0.1) is 0 Å². The molecule has 2 aromatic heterocycles. The highest BCUT2D eigenvalue weighted by Gasteiger charge is 2.19. The first-order chi connectivity index (χ1) is 14.9. The number of hydrogen-bond donors (Lipinski definition) is 0. The average molecular weight is 384 g/mol. The summed E-state index contributed by atoms with van der Waals surface area (Å²) in [4.78, 5) is 8.79. The number of aromatic nitrogens is 2. The fourth-order valence-corrected chi connectivity index (χ4v) is 3.94. The molecule has 30 heavy (non-hydrogen) atoms. The monoisotopic (exact) mass is 384 g/mol. The standard InChI is InChI=1S/C28H20N2/c1-3-9-21(10-4-1)25-15-16-26(23-13-7-17-29-19-23)27(22-11-5-2-6-12-22)28(25)24-14-8-18-30-20-24/h1-20H. The Morgan fingerprint density at radius 2 is 0.833 bits per heavy atom. The molecule has 0 bridgehead atoms. The number of rotatable bonds is 4. The number of nitrogens with zero attached hydrogens (tertiary/aromatic N) is 2. The summed E-state index contributed by atoms with van der Waals surface area (Å²) < 4.78 is 0. The maximum atomic E-state index is 4.42. The molecule has 0 unspecified atom stereocenters. The minimum Gasteiger partial charge on any atom is -0.264 e. The molecule has 2 heteroatoms. The maximum absolute atomic E-state index is 4.42. The van der Waals surface area contributed by atoms with Gasteiger partial charge in [-0.1, -0.05) is 84.9 Å². The van der Waals surface area contributed by atoms with Gasteiger partial charge in [0.1, 0.15) is 0 Å². The average Bonchev–Trinajstić information content (AvgIpc) is 2.85. The van der Waals surface area contributed by atoms with E-state index in [0.717, 1.165) is 16.7 Å². The SMILES string of the molecule is c1ccc(-c2ccc(-c3cccnc3)c(-c3ccccc3)c2-c2cccnc2)cc1. The zero-order valence-corrected chi connectivity index (χ0v) is 16.4. The second-order valence-corrected chi connectivity index (χ2v) is 7.13. The highest BCUT2D eigenvalue weighted by Crippen LogP contribution is 2.45. The van der Waals surface area contributed by atoms with E-state index in [1.807, 2.05) is 36.9 Å². The van der Waals surface area contributed by atoms with Gasteiger partial charge in [-0.15, -0.1) is 0 Å². The van der Waals surface area contributed by atoms with Crippen LogP contribution in [-0.4, -0.2) is 9.97 Å². The van der Waals surface area contributed by atoms with E-state index in [-0.39, 0.29) is 0 Å². The quantitative estimate of drug-likeness (QED) is 0.329. The molecule has 0 atom stereocenters. The summed E-state index contributed by atoms with van der Waals surface area (Å²) in [5, 5.41) is 0. The molecule has 0 aliphatic carbocycles. The largest absolute Gasteiger partial charge is 0.264 e. The van der Waals surface area contributed by atoms with Gasteiger partial charge in [0, 0.05) is 35.9 Å². The van der Waals surface area contributed by atoms with Gasteiger partial charge in [0.05, 0.1) is 0 Å². The summed E-state index contributed by atoms with van der Waals surface area (Å²) in [7, 11) is 0. The molecule has 2 heterocycles. The topological polar surface area (TPSA) is 25.8 Å². The molecule has 0 fully saturated rings. The zero-order chi connectivity index (χ0) is 20.2. The van der Waals surface area contributed by atoms with Crippen molar-refractivity contribution in [1.82, 2.24) is 9.97 Å². The van der Waals surface area contributed by atoms with Gasteiger partial charge in [0.15, 0.2) is 0 Å². The third-order valence-corrected chi connectivity index (χ3v) is 5.28. The fraction of sp³-hybridized carbons (Fsp3) is 0. The van der Waals surface area contributed by atoms with E-state index in [1.165, 1.54) is 27.8 Å². The van der Waals surface area contributed by atoms with Crippen LogP contribution in [0.25, 0.3) is 44.5 Å². The van der Waals surface area contributed by atoms with Crippen molar-refractivity contribution in [3.63, 3.8) is 0 Å². The Bertz CT molecular complexity index is 1150. The molecular formula is C28H20N2. The zero-order valence-electron chi connectivity index (χ0n) is 16.4. The van der Waals surface area contributed by atoms with Crippen molar-refractivity contribution in [3.8, 4) is 44.5 Å². The second kappa shape index (κ2) is 8.14. The molecule has 3 aromatic carbocycles. The lowest BCUT2D eigenvalue weighted by molar-refractivity contribution is 1.32. The summed E-state index contributed by atoms with van der Waals surface area (Å²) in [5.41, 5.74) is 9.28. The minimum atomic E-state index is 1.10. The molecule has 0 saturated carbocycles. The fourth-order valence-electron chi connectivity index (χ4n) is 3.94. The second-order valence-electron chi connectivity index (χ2n) is 7.13. The highest BCUT2D eigenvalue weighted by molar-refractivity contribution is 6.01. The van der Waals surface area contributed by atoms with Gasteiger partial charge in [0.2, 0.25) is 0 Å². The first-order valence-corrected chi connectivity index (χ1v) is 10.0. The van der Waals surface area contributed by atoms with E-state index in [1.54, 1.807) is 0 Å². The Morgan fingerprint density at radius 1 is 0.367 bits per heavy atom. The third kappa shape index (κ3) is 3.40. The van der Waals surface area contributed by atoms with Crippen LogP contribution in [0.15, 0.2) is 122 Å². The smallest absolute Gasteiger partial charge is 0.0346 e. The van der Waals surface area contributed by atoms with E-state index in [2.05, 4.69) is 94.9 Å². The van der Waals surface area contributed by atoms with Crippen molar-refractivity contribution in [2.45, 2.75) is 0 Å². The maximum Gasteiger partial charge on any atom is 0.0346 e. The molecular weight excluding hydrogens is 364 g/mol. The van der Waals surface area contributed by atoms with Crippen LogP contribution in [0.3, 0.4) is 0 Å². The van der Waals surface area contributed by atoms with Crippen molar-refractivity contribution in [1.29, 1.82) is 0 Å². The van der Waals surface area contributed by atoms with Crippen LogP contribution in [0.2, 0.25) is 0 Å². The summed E-state index contributed by atoms with van der Waals surface area (Å²) >= 11 is 0.